The van der Waals surface area contributed by atoms with Gasteiger partial charge in [-0.2, -0.15) is 0 Å². The van der Waals surface area contributed by atoms with Crippen LogP contribution in [0.25, 0.3) is 0 Å². The molecule has 1 aliphatic rings. The highest BCUT2D eigenvalue weighted by atomic mass is 16.7. The van der Waals surface area contributed by atoms with Crippen LogP contribution in [-0.2, 0) is 14.3 Å². The Morgan fingerprint density at radius 2 is 0.765 bits per heavy atom. The van der Waals surface area contributed by atoms with Crippen molar-refractivity contribution in [2.24, 2.45) is 0 Å². The van der Waals surface area contributed by atoms with Crippen molar-refractivity contribution >= 4 is 5.91 Å². The second-order valence-electron chi connectivity index (χ2n) is 21.1. The number of ether oxygens (including phenoxy) is 2. The number of hydrogen-bond acceptors (Lipinski definition) is 10. The van der Waals surface area contributed by atoms with Crippen LogP contribution in [-0.4, -0.2) is 110 Å². The summed E-state index contributed by atoms with van der Waals surface area (Å²) < 4.78 is 11.2. The van der Waals surface area contributed by atoms with Gasteiger partial charge in [-0.3, -0.25) is 4.79 Å². The zero-order valence-corrected chi connectivity index (χ0v) is 44.4. The summed E-state index contributed by atoms with van der Waals surface area (Å²) in [6, 6.07) is -1.16. The summed E-state index contributed by atoms with van der Waals surface area (Å²) in [5.41, 5.74) is 0. The van der Waals surface area contributed by atoms with Gasteiger partial charge in [0.05, 0.1) is 25.4 Å². The first-order chi connectivity index (χ1) is 33.2. The molecule has 0 bridgehead atoms. The Bertz CT molecular complexity index is 1070. The Balaban J connectivity index is 2.30. The van der Waals surface area contributed by atoms with Crippen LogP contribution in [0, 0.1) is 0 Å². The first kappa shape index (κ1) is 65.1. The van der Waals surface area contributed by atoms with Crippen LogP contribution in [0.3, 0.4) is 0 Å². The highest BCUT2D eigenvalue weighted by Gasteiger charge is 2.44. The molecule has 9 unspecified atom stereocenters. The lowest BCUT2D eigenvalue weighted by atomic mass is 9.98. The fraction of sp³-hybridized carbons (Fsp3) is 0.982. The summed E-state index contributed by atoms with van der Waals surface area (Å²) in [7, 11) is 0. The Hall–Kier alpha value is -0.890. The van der Waals surface area contributed by atoms with Crippen molar-refractivity contribution in [1.82, 2.24) is 5.32 Å². The van der Waals surface area contributed by atoms with Gasteiger partial charge < -0.3 is 50.5 Å². The molecule has 0 radical (unpaired) electrons. The van der Waals surface area contributed by atoms with Crippen LogP contribution in [0.15, 0.2) is 0 Å². The number of aliphatic hydroxyl groups excluding tert-OH is 7. The maximum absolute atomic E-state index is 13.2. The van der Waals surface area contributed by atoms with Gasteiger partial charge in [0.25, 0.3) is 0 Å². The fourth-order valence-corrected chi connectivity index (χ4v) is 9.86. The standard InChI is InChI=1S/C57H113NO10/c1-3-5-7-9-11-13-15-17-19-21-23-25-27-29-31-33-35-37-39-41-43-45-50(61)56(66)58-48(47-67-57-55(65)54(64)53(63)51(46-59)68-57)52(62)49(60)44-42-40-38-36-34-32-30-28-26-24-22-20-18-16-14-12-10-8-6-4-2/h48-55,57,59-65H,3-47H2,1-2H3,(H,58,66). The summed E-state index contributed by atoms with van der Waals surface area (Å²) >= 11 is 0. The van der Waals surface area contributed by atoms with Gasteiger partial charge >= 0.3 is 0 Å². The predicted octanol–water partition coefficient (Wildman–Crippen LogP) is 12.2. The van der Waals surface area contributed by atoms with E-state index in [2.05, 4.69) is 19.2 Å². The van der Waals surface area contributed by atoms with Crippen molar-refractivity contribution in [2.45, 2.75) is 345 Å². The minimum Gasteiger partial charge on any atom is -0.394 e. The van der Waals surface area contributed by atoms with Crippen LogP contribution < -0.4 is 5.32 Å². The molecule has 406 valence electrons. The number of amides is 1. The van der Waals surface area contributed by atoms with Gasteiger partial charge in [-0.15, -0.1) is 0 Å². The van der Waals surface area contributed by atoms with E-state index in [1.165, 1.54) is 212 Å². The van der Waals surface area contributed by atoms with Crippen molar-refractivity contribution < 1.29 is 50.0 Å². The average Bonchev–Trinajstić information content (AvgIpc) is 3.34. The molecule has 9 atom stereocenters. The van der Waals surface area contributed by atoms with Gasteiger partial charge in [0.15, 0.2) is 6.29 Å². The van der Waals surface area contributed by atoms with Crippen molar-refractivity contribution in [3.63, 3.8) is 0 Å². The maximum Gasteiger partial charge on any atom is 0.249 e. The molecule has 1 saturated heterocycles. The van der Waals surface area contributed by atoms with Crippen molar-refractivity contribution in [3.05, 3.63) is 0 Å². The number of carbonyl (C=O) groups is 1. The molecule has 11 heteroatoms. The monoisotopic (exact) mass is 972 g/mol. The molecule has 1 amide bonds. The number of unbranched alkanes of at least 4 members (excludes halogenated alkanes) is 39. The predicted molar refractivity (Wildman–Crippen MR) is 280 cm³/mol. The number of carbonyl (C=O) groups excluding carboxylic acids is 1. The molecule has 1 heterocycles. The molecular weight excluding hydrogens is 859 g/mol. The minimum absolute atomic E-state index is 0.267. The molecule has 11 nitrogen and oxygen atoms in total. The number of rotatable bonds is 51. The number of nitrogens with one attached hydrogen (secondary N) is 1. The minimum atomic E-state index is -1.66. The van der Waals surface area contributed by atoms with Gasteiger partial charge in [-0.05, 0) is 12.8 Å². The maximum atomic E-state index is 13.2. The van der Waals surface area contributed by atoms with Crippen LogP contribution in [0.1, 0.15) is 290 Å². The van der Waals surface area contributed by atoms with Crippen molar-refractivity contribution in [3.8, 4) is 0 Å². The molecule has 1 fully saturated rings. The number of aliphatic hydroxyl groups is 7. The summed E-state index contributed by atoms with van der Waals surface area (Å²) in [5, 5.41) is 76.2. The highest BCUT2D eigenvalue weighted by molar-refractivity contribution is 5.80. The molecule has 0 aromatic rings. The first-order valence-electron chi connectivity index (χ1n) is 29.4. The summed E-state index contributed by atoms with van der Waals surface area (Å²) in [6.45, 7) is 3.50. The molecule has 0 spiro atoms. The summed E-state index contributed by atoms with van der Waals surface area (Å²) in [6.07, 6.45) is 41.5. The van der Waals surface area contributed by atoms with Crippen LogP contribution in [0.4, 0.5) is 0 Å². The molecule has 0 aliphatic carbocycles. The van der Waals surface area contributed by atoms with Crippen molar-refractivity contribution in [1.29, 1.82) is 0 Å². The molecule has 0 aromatic carbocycles. The molecule has 0 saturated carbocycles. The van der Waals surface area contributed by atoms with E-state index in [0.29, 0.717) is 19.3 Å². The quantitative estimate of drug-likeness (QED) is 0.0272. The van der Waals surface area contributed by atoms with E-state index in [1.54, 1.807) is 0 Å². The van der Waals surface area contributed by atoms with E-state index in [0.717, 1.165) is 38.5 Å². The lowest BCUT2D eigenvalue weighted by Gasteiger charge is -2.40. The second kappa shape index (κ2) is 47.1. The van der Waals surface area contributed by atoms with E-state index in [1.807, 2.05) is 0 Å². The van der Waals surface area contributed by atoms with Crippen LogP contribution >= 0.6 is 0 Å². The Labute approximate surface area is 418 Å². The summed E-state index contributed by atoms with van der Waals surface area (Å²) in [4.78, 5) is 13.2. The van der Waals surface area contributed by atoms with E-state index >= 15 is 0 Å². The molecule has 1 rings (SSSR count). The van der Waals surface area contributed by atoms with E-state index in [-0.39, 0.29) is 6.42 Å². The Morgan fingerprint density at radius 3 is 1.09 bits per heavy atom. The molecule has 8 N–H and O–H groups in total. The SMILES string of the molecule is CCCCCCCCCCCCCCCCCCCCCCCC(O)C(=O)NC(COC1OC(CO)C(O)C(O)C1O)C(O)C(O)CCCCCCCCCCCCCCCCCCCCCC. The number of hydrogen-bond donors (Lipinski definition) is 8. The van der Waals surface area contributed by atoms with Gasteiger partial charge in [0.2, 0.25) is 5.91 Å². The lowest BCUT2D eigenvalue weighted by molar-refractivity contribution is -0.303. The van der Waals surface area contributed by atoms with Crippen LogP contribution in [0.5, 0.6) is 0 Å². The lowest BCUT2D eigenvalue weighted by Crippen LogP contribution is -2.60. The summed E-state index contributed by atoms with van der Waals surface area (Å²) in [5.74, 6) is -0.689. The van der Waals surface area contributed by atoms with Gasteiger partial charge in [0.1, 0.15) is 36.6 Å². The van der Waals surface area contributed by atoms with Gasteiger partial charge in [-0.25, -0.2) is 0 Å². The van der Waals surface area contributed by atoms with E-state index < -0.39 is 74.2 Å². The zero-order valence-electron chi connectivity index (χ0n) is 44.4. The smallest absolute Gasteiger partial charge is 0.249 e. The zero-order chi connectivity index (χ0) is 49.7. The van der Waals surface area contributed by atoms with Crippen LogP contribution in [0.2, 0.25) is 0 Å². The largest absolute Gasteiger partial charge is 0.394 e. The topological polar surface area (TPSA) is 189 Å². The molecule has 68 heavy (non-hydrogen) atoms. The molecular formula is C57H113NO10. The average molecular weight is 973 g/mol. The Kier molecular flexibility index (Phi) is 45.1. The Morgan fingerprint density at radius 1 is 0.456 bits per heavy atom. The third-order valence-corrected chi connectivity index (χ3v) is 14.7. The van der Waals surface area contributed by atoms with Gasteiger partial charge in [-0.1, -0.05) is 277 Å². The van der Waals surface area contributed by atoms with E-state index in [4.69, 9.17) is 9.47 Å². The fourth-order valence-electron chi connectivity index (χ4n) is 9.86. The normalized spacial score (nSPS) is 20.4. The van der Waals surface area contributed by atoms with Gasteiger partial charge in [0, 0.05) is 0 Å². The first-order valence-corrected chi connectivity index (χ1v) is 29.4. The highest BCUT2D eigenvalue weighted by Crippen LogP contribution is 2.24. The third-order valence-electron chi connectivity index (χ3n) is 14.7. The molecule has 0 aromatic heterocycles. The molecule has 1 aliphatic heterocycles. The van der Waals surface area contributed by atoms with E-state index in [9.17, 15) is 40.5 Å². The third kappa shape index (κ3) is 35.3. The van der Waals surface area contributed by atoms with Crippen molar-refractivity contribution in [2.75, 3.05) is 13.2 Å². The second-order valence-corrected chi connectivity index (χ2v) is 21.1.